The van der Waals surface area contributed by atoms with Crippen LogP contribution in [0.1, 0.15) is 30.9 Å². The van der Waals surface area contributed by atoms with E-state index in [2.05, 4.69) is 32.1 Å². The van der Waals surface area contributed by atoms with Crippen molar-refractivity contribution in [3.63, 3.8) is 0 Å². The molecule has 2 aromatic carbocycles. The smallest absolute Gasteiger partial charge is 0.305 e. The zero-order chi connectivity index (χ0) is 43.6. The van der Waals surface area contributed by atoms with Crippen LogP contribution >= 0.6 is 23.5 Å². The van der Waals surface area contributed by atoms with Crippen molar-refractivity contribution < 1.29 is 58.8 Å². The number of phenols is 1. The van der Waals surface area contributed by atoms with E-state index in [1.807, 2.05) is 6.26 Å². The van der Waals surface area contributed by atoms with Gasteiger partial charge in [0, 0.05) is 5.75 Å². The van der Waals surface area contributed by atoms with Crippen LogP contribution in [0.5, 0.6) is 5.75 Å². The van der Waals surface area contributed by atoms with Gasteiger partial charge < -0.3 is 42.1 Å². The molecule has 1 fully saturated rings. The molecule has 0 radical (unpaired) electrons. The molecule has 21 heteroatoms. The van der Waals surface area contributed by atoms with Crippen molar-refractivity contribution in [1.82, 2.24) is 32.1 Å². The van der Waals surface area contributed by atoms with Gasteiger partial charge in [-0.05, 0) is 61.5 Å². The summed E-state index contributed by atoms with van der Waals surface area (Å²) >= 11 is 2.12. The number of nitrogens with two attached hydrogens (primary N) is 1. The average molecular weight is 862 g/mol. The van der Waals surface area contributed by atoms with Crippen molar-refractivity contribution >= 4 is 69.7 Å². The third-order valence-corrected chi connectivity index (χ3v) is 10.8. The summed E-state index contributed by atoms with van der Waals surface area (Å²) in [7, 11) is 0. The average Bonchev–Trinajstić information content (AvgIpc) is 3.20. The second-order valence-electron chi connectivity index (χ2n) is 13.7. The zero-order valence-electron chi connectivity index (χ0n) is 32.4. The van der Waals surface area contributed by atoms with Gasteiger partial charge in [0.15, 0.2) is 5.78 Å². The van der Waals surface area contributed by atoms with E-state index in [1.54, 1.807) is 30.3 Å². The van der Waals surface area contributed by atoms with Gasteiger partial charge >= 0.3 is 5.97 Å². The van der Waals surface area contributed by atoms with E-state index in [9.17, 15) is 58.8 Å². The lowest BCUT2D eigenvalue weighted by atomic mass is 9.99. The number of carboxylic acids is 1. The van der Waals surface area contributed by atoms with Crippen LogP contribution in [0.2, 0.25) is 0 Å². The summed E-state index contributed by atoms with van der Waals surface area (Å²) in [5.41, 5.74) is 12.2. The highest BCUT2D eigenvalue weighted by Gasteiger charge is 2.37. The quantitative estimate of drug-likeness (QED) is 0.0507. The number of phenolic OH excluding ortho intramolecular Hbond substituents is 1. The number of hydrazine groups is 1. The number of ketones is 3. The van der Waals surface area contributed by atoms with Crippen molar-refractivity contribution in [3.8, 4) is 5.75 Å². The van der Waals surface area contributed by atoms with Crippen LogP contribution in [-0.4, -0.2) is 146 Å². The fourth-order valence-electron chi connectivity index (χ4n) is 5.73. The molecule has 0 aliphatic carbocycles. The van der Waals surface area contributed by atoms with Crippen LogP contribution in [0.25, 0.3) is 0 Å². The molecule has 12 N–H and O–H groups in total. The molecule has 59 heavy (non-hydrogen) atoms. The zero-order valence-corrected chi connectivity index (χ0v) is 34.1. The topological polar surface area (TPSA) is 316 Å². The number of benzene rings is 2. The van der Waals surface area contributed by atoms with E-state index in [0.717, 1.165) is 6.92 Å². The molecular weight excluding hydrogens is 811 g/mol. The molecule has 1 heterocycles. The minimum absolute atomic E-state index is 0.00837. The Morgan fingerprint density at radius 1 is 0.932 bits per heavy atom. The summed E-state index contributed by atoms with van der Waals surface area (Å²) in [5, 5.41) is 49.2. The van der Waals surface area contributed by atoms with E-state index in [-0.39, 0.29) is 30.9 Å². The Morgan fingerprint density at radius 2 is 1.59 bits per heavy atom. The molecule has 1 saturated heterocycles. The summed E-state index contributed by atoms with van der Waals surface area (Å²) in [6.45, 7) is -0.213. The molecular formula is C38H51N7O12S2. The number of aromatic hydroxyl groups is 1. The third-order valence-electron chi connectivity index (χ3n) is 9.09. The summed E-state index contributed by atoms with van der Waals surface area (Å²) in [6.07, 6.45) is -0.407. The van der Waals surface area contributed by atoms with Crippen LogP contribution in [0.4, 0.5) is 0 Å². The number of carbonyl (C=O) groups is 8. The normalized spacial score (nSPS) is 21.5. The Bertz CT molecular complexity index is 1790. The number of aliphatic carboxylic acids is 1. The van der Waals surface area contributed by atoms with Gasteiger partial charge in [-0.2, -0.15) is 11.8 Å². The van der Waals surface area contributed by atoms with Gasteiger partial charge in [-0.3, -0.25) is 43.7 Å². The van der Waals surface area contributed by atoms with Gasteiger partial charge in [0.25, 0.3) is 0 Å². The molecule has 322 valence electrons. The van der Waals surface area contributed by atoms with Crippen LogP contribution in [0, 0.1) is 0 Å². The summed E-state index contributed by atoms with van der Waals surface area (Å²) < 4.78 is 0. The van der Waals surface area contributed by atoms with Crippen molar-refractivity contribution in [3.05, 3.63) is 65.7 Å². The van der Waals surface area contributed by atoms with Gasteiger partial charge in [0.2, 0.25) is 34.4 Å². The van der Waals surface area contributed by atoms with E-state index in [4.69, 9.17) is 5.73 Å². The van der Waals surface area contributed by atoms with Crippen LogP contribution in [0.15, 0.2) is 54.6 Å². The Balaban J connectivity index is 1.84. The molecule has 0 aromatic heterocycles. The van der Waals surface area contributed by atoms with Crippen molar-refractivity contribution in [2.75, 3.05) is 30.9 Å². The van der Waals surface area contributed by atoms with Gasteiger partial charge in [-0.15, -0.1) is 0 Å². The van der Waals surface area contributed by atoms with E-state index in [0.29, 0.717) is 35.1 Å². The highest BCUT2D eigenvalue weighted by molar-refractivity contribution is 8.13. The number of thioether (sulfide) groups is 2. The fraction of sp³-hybridized carbons (Fsp3) is 0.474. The second-order valence-corrected chi connectivity index (χ2v) is 15.7. The third kappa shape index (κ3) is 15.8. The number of Topliss-reactive ketones (excluding diaryl/α,β-unsaturated/α-hetero) is 3. The summed E-state index contributed by atoms with van der Waals surface area (Å²) in [5.74, 6) is -7.39. The number of aliphatic hydroxyl groups is 2. The molecule has 0 saturated carbocycles. The van der Waals surface area contributed by atoms with Crippen molar-refractivity contribution in [1.29, 1.82) is 0 Å². The Hall–Kier alpha value is -4.74. The number of carbonyl (C=O) groups excluding carboxylic acids is 7. The highest BCUT2D eigenvalue weighted by atomic mass is 32.2. The molecule has 0 spiro atoms. The number of amides is 3. The summed E-state index contributed by atoms with van der Waals surface area (Å²) in [6, 6.07) is 4.43. The number of carboxylic acid groups (broad SMARTS) is 1. The Kier molecular flexibility index (Phi) is 20.1. The standard InChI is InChI=1S/C38H51N7O12S2/c1-20(47)32(34(53)33(52)28(18-46)43-35(54)24(39)14-22-8-10-23(48)11-9-22)45-44-29-19-59-38(57)25(12-13-58-2)40-17-30(49)26(15-21-6-4-3-5-7-21)41-36(55)27(16-31(50)51)42-37(29)56/h3-11,20,24-29,32,40,44-48H,12-19,39H2,1-2H3,(H,41,55)(H,42,56)(H,43,54)(H,50,51)/t20-,24+,25+,26+,27+,28+,29+,32+/m1/s1. The molecule has 1 aliphatic heterocycles. The monoisotopic (exact) mass is 861 g/mol. The first-order valence-electron chi connectivity index (χ1n) is 18.5. The summed E-state index contributed by atoms with van der Waals surface area (Å²) in [4.78, 5) is 106. The predicted octanol–water partition coefficient (Wildman–Crippen LogP) is -2.67. The second kappa shape index (κ2) is 24.4. The molecule has 8 atom stereocenters. The lowest BCUT2D eigenvalue weighted by Crippen LogP contribution is -2.63. The lowest BCUT2D eigenvalue weighted by Gasteiger charge is -2.28. The SMILES string of the molecule is CSCC[C@@H]1NCC(=O)[C@H](Cc2ccccc2)NC(=O)[C@H](CC(=O)O)NC(=O)[C@@H](NN[C@H](C(=O)C(=O)[C@H](CO)NC(=O)[C@@H](N)Cc2ccc(O)cc2)[C@@H](C)O)CSC1=O. The van der Waals surface area contributed by atoms with Gasteiger partial charge in [0.1, 0.15) is 29.9 Å². The molecule has 2 aromatic rings. The van der Waals surface area contributed by atoms with Crippen LogP contribution < -0.4 is 37.9 Å². The van der Waals surface area contributed by atoms with Gasteiger partial charge in [-0.25, -0.2) is 10.9 Å². The maximum Gasteiger partial charge on any atom is 0.305 e. The number of rotatable bonds is 19. The molecule has 3 rings (SSSR count). The van der Waals surface area contributed by atoms with Gasteiger partial charge in [-0.1, -0.05) is 54.2 Å². The number of nitrogens with one attached hydrogen (secondary N) is 6. The Morgan fingerprint density at radius 3 is 2.20 bits per heavy atom. The largest absolute Gasteiger partial charge is 0.508 e. The number of hydrogen-bond donors (Lipinski definition) is 11. The maximum absolute atomic E-state index is 13.8. The molecule has 19 nitrogen and oxygen atoms in total. The minimum Gasteiger partial charge on any atom is -0.508 e. The number of aliphatic hydroxyl groups excluding tert-OH is 2. The number of hydrogen-bond acceptors (Lipinski definition) is 17. The predicted molar refractivity (Wildman–Crippen MR) is 218 cm³/mol. The van der Waals surface area contributed by atoms with Crippen LogP contribution in [0.3, 0.4) is 0 Å². The molecule has 0 bridgehead atoms. The van der Waals surface area contributed by atoms with Crippen molar-refractivity contribution in [2.45, 2.75) is 81.0 Å². The fourth-order valence-corrected chi connectivity index (χ4v) is 7.17. The lowest BCUT2D eigenvalue weighted by molar-refractivity contribution is -0.142. The van der Waals surface area contributed by atoms with E-state index < -0.39 is 108 Å². The van der Waals surface area contributed by atoms with E-state index in [1.165, 1.54) is 36.0 Å². The first-order valence-corrected chi connectivity index (χ1v) is 20.9. The minimum atomic E-state index is -1.81. The van der Waals surface area contributed by atoms with E-state index >= 15 is 0 Å². The Labute approximate surface area is 348 Å². The van der Waals surface area contributed by atoms with Crippen LogP contribution in [-0.2, 0) is 51.2 Å². The first-order chi connectivity index (χ1) is 28.0. The highest BCUT2D eigenvalue weighted by Crippen LogP contribution is 2.15. The first kappa shape index (κ1) is 48.6. The maximum atomic E-state index is 13.8. The molecule has 1 aliphatic rings. The van der Waals surface area contributed by atoms with Gasteiger partial charge in [0.05, 0.1) is 43.8 Å². The van der Waals surface area contributed by atoms with Crippen molar-refractivity contribution in [2.24, 2.45) is 5.73 Å². The molecule has 0 unspecified atom stereocenters. The molecule has 3 amide bonds.